The molecule has 0 spiro atoms. The van der Waals surface area contributed by atoms with Crippen molar-refractivity contribution in [3.8, 4) is 12.3 Å². The Morgan fingerprint density at radius 2 is 1.59 bits per heavy atom. The van der Waals surface area contributed by atoms with Crippen molar-refractivity contribution in [3.63, 3.8) is 0 Å². The average Bonchev–Trinajstić information content (AvgIpc) is 2.66. The van der Waals surface area contributed by atoms with Crippen LogP contribution in [0.4, 0.5) is 0 Å². The molecule has 0 heterocycles. The molecule has 0 bridgehead atoms. The van der Waals surface area contributed by atoms with Crippen molar-refractivity contribution < 1.29 is 23.7 Å². The monoisotopic (exact) mass is 429 g/mol. The Bertz CT molecular complexity index is 524. The molecular weight excluding hydrogens is 389 g/mol. The van der Waals surface area contributed by atoms with Crippen molar-refractivity contribution in [2.45, 2.75) is 103 Å². The summed E-state index contributed by atoms with van der Waals surface area (Å²) in [5.74, 6) is 2.21. The number of hydrogen-bond acceptors (Lipinski definition) is 3. The van der Waals surface area contributed by atoms with Crippen LogP contribution in [0.2, 0.25) is 0 Å². The Morgan fingerprint density at radius 3 is 2.14 bits per heavy atom. The standard InChI is InChI=1S/C22H40NO5P/c1-3-5-6-7-8-9-10-11-12-13-14-15-16-17-19-22(24)23-21(18-4-2)20-28-29(25,26)27/h2,11-12,21H,3,5-10,13-20H2,1H3,(H,23,24)(H2,25,26,27)/b12-11-/t21-/m0/s1. The molecule has 0 fully saturated rings. The first-order chi connectivity index (χ1) is 13.9. The van der Waals surface area contributed by atoms with Crippen molar-refractivity contribution in [2.75, 3.05) is 6.61 Å². The molecule has 29 heavy (non-hydrogen) atoms. The summed E-state index contributed by atoms with van der Waals surface area (Å²) in [6.45, 7) is 1.94. The number of unbranched alkanes of at least 4 members (excludes halogenated alkanes) is 10. The Morgan fingerprint density at radius 1 is 1.03 bits per heavy atom. The van der Waals surface area contributed by atoms with Crippen LogP contribution in [0.15, 0.2) is 12.2 Å². The molecule has 0 aromatic rings. The predicted octanol–water partition coefficient (Wildman–Crippen LogP) is 5.25. The van der Waals surface area contributed by atoms with E-state index in [9.17, 15) is 9.36 Å². The molecule has 7 heteroatoms. The highest BCUT2D eigenvalue weighted by molar-refractivity contribution is 7.46. The molecular formula is C22H40NO5P. The lowest BCUT2D eigenvalue weighted by Gasteiger charge is -2.16. The van der Waals surface area contributed by atoms with Crippen LogP contribution in [0, 0.1) is 12.3 Å². The number of phosphoric ester groups is 1. The van der Waals surface area contributed by atoms with Gasteiger partial charge in [0.2, 0.25) is 5.91 Å². The highest BCUT2D eigenvalue weighted by Gasteiger charge is 2.19. The third kappa shape index (κ3) is 21.4. The number of carbonyl (C=O) groups excluding carboxylic acids is 1. The molecule has 3 N–H and O–H groups in total. The van der Waals surface area contributed by atoms with E-state index in [-0.39, 0.29) is 18.9 Å². The molecule has 0 aromatic carbocycles. The molecule has 0 aliphatic rings. The number of allylic oxidation sites excluding steroid dienone is 2. The first-order valence-corrected chi connectivity index (χ1v) is 12.5. The molecule has 0 saturated carbocycles. The van der Waals surface area contributed by atoms with Gasteiger partial charge in [0.15, 0.2) is 0 Å². The summed E-state index contributed by atoms with van der Waals surface area (Å²) in [5.41, 5.74) is 0. The van der Waals surface area contributed by atoms with Gasteiger partial charge in [-0.15, -0.1) is 12.3 Å². The third-order valence-electron chi connectivity index (χ3n) is 4.59. The summed E-state index contributed by atoms with van der Waals surface area (Å²) in [6, 6.07) is -0.586. The molecule has 0 rings (SSSR count). The maximum absolute atomic E-state index is 11.9. The van der Waals surface area contributed by atoms with Crippen LogP contribution in [0.5, 0.6) is 0 Å². The highest BCUT2D eigenvalue weighted by Crippen LogP contribution is 2.35. The van der Waals surface area contributed by atoms with Crippen molar-refractivity contribution in [3.05, 3.63) is 12.2 Å². The maximum Gasteiger partial charge on any atom is 0.469 e. The summed E-state index contributed by atoms with van der Waals surface area (Å²) >= 11 is 0. The van der Waals surface area contributed by atoms with Crippen LogP contribution in [0.1, 0.15) is 96.8 Å². The number of terminal acetylenes is 1. The fraction of sp³-hybridized carbons (Fsp3) is 0.773. The van der Waals surface area contributed by atoms with Gasteiger partial charge in [-0.3, -0.25) is 9.32 Å². The number of nitrogens with one attached hydrogen (secondary N) is 1. The van der Waals surface area contributed by atoms with Crippen LogP contribution in [-0.2, 0) is 13.9 Å². The molecule has 6 nitrogen and oxygen atoms in total. The molecule has 168 valence electrons. The van der Waals surface area contributed by atoms with Gasteiger partial charge in [-0.2, -0.15) is 0 Å². The molecule has 0 unspecified atom stereocenters. The lowest BCUT2D eigenvalue weighted by Crippen LogP contribution is -2.37. The highest BCUT2D eigenvalue weighted by atomic mass is 31.2. The number of hydrogen-bond donors (Lipinski definition) is 3. The predicted molar refractivity (Wildman–Crippen MR) is 118 cm³/mol. The summed E-state index contributed by atoms with van der Waals surface area (Å²) in [4.78, 5) is 29.4. The summed E-state index contributed by atoms with van der Waals surface area (Å²) in [6.07, 6.45) is 24.6. The van der Waals surface area contributed by atoms with E-state index < -0.39 is 13.9 Å². The summed E-state index contributed by atoms with van der Waals surface area (Å²) in [5, 5.41) is 2.68. The second-order valence-electron chi connectivity index (χ2n) is 7.44. The largest absolute Gasteiger partial charge is 0.469 e. The van der Waals surface area contributed by atoms with Crippen molar-refractivity contribution in [1.82, 2.24) is 5.32 Å². The van der Waals surface area contributed by atoms with Gasteiger partial charge in [0, 0.05) is 12.8 Å². The lowest BCUT2D eigenvalue weighted by molar-refractivity contribution is -0.122. The first kappa shape index (κ1) is 27.9. The van der Waals surface area contributed by atoms with Gasteiger partial charge in [0.05, 0.1) is 12.6 Å². The number of amides is 1. The second-order valence-corrected chi connectivity index (χ2v) is 8.68. The topological polar surface area (TPSA) is 95.9 Å². The lowest BCUT2D eigenvalue weighted by atomic mass is 10.1. The van der Waals surface area contributed by atoms with Crippen LogP contribution in [0.25, 0.3) is 0 Å². The van der Waals surface area contributed by atoms with E-state index in [1.807, 2.05) is 0 Å². The van der Waals surface area contributed by atoms with Gasteiger partial charge in [-0.25, -0.2) is 4.57 Å². The van der Waals surface area contributed by atoms with E-state index in [0.29, 0.717) is 6.42 Å². The Hall–Kier alpha value is -1.12. The van der Waals surface area contributed by atoms with Gasteiger partial charge < -0.3 is 15.1 Å². The van der Waals surface area contributed by atoms with Gasteiger partial charge in [-0.1, -0.05) is 64.0 Å². The Balaban J connectivity index is 3.63. The summed E-state index contributed by atoms with van der Waals surface area (Å²) in [7, 11) is -4.56. The Kier molecular flexibility index (Phi) is 18.2. The number of carbonyl (C=O) groups is 1. The smallest absolute Gasteiger partial charge is 0.350 e. The zero-order chi connectivity index (χ0) is 21.8. The second kappa shape index (κ2) is 18.9. The van der Waals surface area contributed by atoms with Gasteiger partial charge in [0.1, 0.15) is 0 Å². The number of phosphoric acid groups is 1. The fourth-order valence-corrected chi connectivity index (χ4v) is 3.33. The quantitative estimate of drug-likeness (QED) is 0.113. The minimum absolute atomic E-state index is 0.164. The molecule has 0 radical (unpaired) electrons. The van der Waals surface area contributed by atoms with Crippen molar-refractivity contribution in [1.29, 1.82) is 0 Å². The van der Waals surface area contributed by atoms with E-state index in [1.165, 1.54) is 44.9 Å². The minimum atomic E-state index is -4.56. The number of rotatable bonds is 19. The molecule has 1 atom stereocenters. The van der Waals surface area contributed by atoms with E-state index >= 15 is 0 Å². The van der Waals surface area contributed by atoms with E-state index in [2.05, 4.69) is 34.8 Å². The third-order valence-corrected chi connectivity index (χ3v) is 5.07. The van der Waals surface area contributed by atoms with Gasteiger partial charge in [0.25, 0.3) is 0 Å². The normalized spacial score (nSPS) is 12.8. The molecule has 0 saturated heterocycles. The van der Waals surface area contributed by atoms with E-state index in [1.54, 1.807) is 0 Å². The van der Waals surface area contributed by atoms with E-state index in [4.69, 9.17) is 16.2 Å². The summed E-state index contributed by atoms with van der Waals surface area (Å²) < 4.78 is 15.2. The first-order valence-electron chi connectivity index (χ1n) is 11.0. The molecule has 1 amide bonds. The molecule has 0 aliphatic heterocycles. The Labute approximate surface area is 177 Å². The van der Waals surface area contributed by atoms with Gasteiger partial charge >= 0.3 is 7.82 Å². The zero-order valence-corrected chi connectivity index (χ0v) is 18.9. The van der Waals surface area contributed by atoms with Gasteiger partial charge in [-0.05, 0) is 32.1 Å². The average molecular weight is 430 g/mol. The fourth-order valence-electron chi connectivity index (χ4n) is 2.96. The van der Waals surface area contributed by atoms with Crippen molar-refractivity contribution in [2.24, 2.45) is 0 Å². The molecule has 0 aliphatic carbocycles. The minimum Gasteiger partial charge on any atom is -0.350 e. The molecule has 0 aromatic heterocycles. The SMILES string of the molecule is C#CC[C@@H](COP(=O)(O)O)NC(=O)CCCCCC/C=C\CCCCCCCC. The van der Waals surface area contributed by atoms with Crippen LogP contribution in [0.3, 0.4) is 0 Å². The maximum atomic E-state index is 11.9. The van der Waals surface area contributed by atoms with E-state index in [0.717, 1.165) is 32.1 Å². The van der Waals surface area contributed by atoms with Crippen LogP contribution in [-0.4, -0.2) is 28.3 Å². The van der Waals surface area contributed by atoms with Crippen molar-refractivity contribution >= 4 is 13.7 Å². The van der Waals surface area contributed by atoms with Crippen LogP contribution < -0.4 is 5.32 Å². The van der Waals surface area contributed by atoms with Crippen LogP contribution >= 0.6 is 7.82 Å². The zero-order valence-electron chi connectivity index (χ0n) is 18.0.